The van der Waals surface area contributed by atoms with Crippen LogP contribution in [0.1, 0.15) is 16.7 Å². The van der Waals surface area contributed by atoms with Crippen molar-refractivity contribution in [3.05, 3.63) is 80.3 Å². The van der Waals surface area contributed by atoms with Gasteiger partial charge >= 0.3 is 0 Å². The van der Waals surface area contributed by atoms with E-state index in [9.17, 15) is 9.90 Å². The van der Waals surface area contributed by atoms with Crippen LogP contribution in [0, 0.1) is 18.6 Å². The normalized spacial score (nSPS) is 14.3. The molecule has 160 valence electrons. The maximum atomic E-state index is 13.5. The van der Waals surface area contributed by atoms with Gasteiger partial charge in [-0.05, 0) is 49.3 Å². The number of hydrogen-bond donors (Lipinski definition) is 1. The molecule has 31 heavy (non-hydrogen) atoms. The van der Waals surface area contributed by atoms with Crippen LogP contribution in [0.4, 0.5) is 0 Å². The van der Waals surface area contributed by atoms with Crippen molar-refractivity contribution in [2.45, 2.75) is 13.8 Å². The van der Waals surface area contributed by atoms with E-state index >= 15 is 0 Å². The molecule has 0 atom stereocenters. The molecule has 0 radical (unpaired) electrons. The molecule has 0 spiro atoms. The fraction of sp³-hybridized carbons (Fsp3) is 0.261. The molecule has 0 aliphatic carbocycles. The monoisotopic (exact) mass is 436 g/mol. The third-order valence-corrected chi connectivity index (χ3v) is 5.68. The molecule has 7 nitrogen and oxygen atoms in total. The van der Waals surface area contributed by atoms with Gasteiger partial charge in [0.05, 0.1) is 43.9 Å². The van der Waals surface area contributed by atoms with Gasteiger partial charge in [0, 0.05) is 0 Å². The number of benzene rings is 2. The predicted octanol–water partition coefficient (Wildman–Crippen LogP) is 3.35. The second-order valence-corrected chi connectivity index (χ2v) is 7.74. The summed E-state index contributed by atoms with van der Waals surface area (Å²) in [6.07, 6.45) is 1.42. The number of ether oxygens (including phenoxy) is 1. The van der Waals surface area contributed by atoms with E-state index in [0.717, 1.165) is 11.1 Å². The molecule has 2 aromatic carbocycles. The number of rotatable bonds is 4. The molecular formula is C23H24N4O3S. The summed E-state index contributed by atoms with van der Waals surface area (Å²) in [4.78, 5) is 13.5. The van der Waals surface area contributed by atoms with Gasteiger partial charge < -0.3 is 9.84 Å². The van der Waals surface area contributed by atoms with Gasteiger partial charge in [0.25, 0.3) is 5.56 Å². The number of nitrogens with zero attached hydrogens (tertiary/aromatic N) is 4. The molecule has 1 N–H and O–H groups in total. The maximum Gasteiger partial charge on any atom is 0.271 e. The highest BCUT2D eigenvalue weighted by atomic mass is 32.1. The zero-order chi connectivity index (χ0) is 22.0. The van der Waals surface area contributed by atoms with Crippen LogP contribution in [0.15, 0.2) is 58.4 Å². The van der Waals surface area contributed by atoms with Crippen molar-refractivity contribution in [3.8, 4) is 17.3 Å². The predicted molar refractivity (Wildman–Crippen MR) is 123 cm³/mol. The Kier molecular flexibility index (Phi) is 6.01. The Bertz CT molecular complexity index is 1260. The molecule has 0 saturated carbocycles. The first-order chi connectivity index (χ1) is 15.0. The van der Waals surface area contributed by atoms with Crippen molar-refractivity contribution < 1.29 is 9.84 Å². The van der Waals surface area contributed by atoms with E-state index in [0.29, 0.717) is 37.7 Å². The molecule has 1 aliphatic heterocycles. The number of aromatic nitrogens is 2. The molecule has 1 aromatic heterocycles. The summed E-state index contributed by atoms with van der Waals surface area (Å²) in [5.74, 6) is -0.230. The second-order valence-electron chi connectivity index (χ2n) is 7.38. The molecule has 2 heterocycles. The third-order valence-electron chi connectivity index (χ3n) is 5.32. The Morgan fingerprint density at radius 2 is 1.52 bits per heavy atom. The second kappa shape index (κ2) is 8.87. The SMILES string of the molecule is Cc1ccccc1-n1c(O)c(/C=N/N2CCOCC2)c(=O)n(-c2ccccc2C)c1=S. The molecule has 1 saturated heterocycles. The lowest BCUT2D eigenvalue weighted by molar-refractivity contribution is 0.0396. The van der Waals surface area contributed by atoms with Crippen molar-refractivity contribution in [1.29, 1.82) is 0 Å². The van der Waals surface area contributed by atoms with Crippen molar-refractivity contribution in [1.82, 2.24) is 14.1 Å². The van der Waals surface area contributed by atoms with Gasteiger partial charge in [-0.2, -0.15) is 5.10 Å². The average molecular weight is 437 g/mol. The van der Waals surface area contributed by atoms with E-state index < -0.39 is 5.56 Å². The lowest BCUT2D eigenvalue weighted by atomic mass is 10.2. The number of aryl methyl sites for hydroxylation is 2. The molecule has 3 aromatic rings. The Balaban J connectivity index is 2.00. The highest BCUT2D eigenvalue weighted by molar-refractivity contribution is 7.71. The Morgan fingerprint density at radius 1 is 0.968 bits per heavy atom. The Morgan fingerprint density at radius 3 is 2.10 bits per heavy atom. The molecule has 0 amide bonds. The number of morpholine rings is 1. The molecular weight excluding hydrogens is 412 g/mol. The van der Waals surface area contributed by atoms with Crippen LogP contribution in [-0.2, 0) is 4.74 Å². The topological polar surface area (TPSA) is 72.0 Å². The number of hydrazone groups is 1. The van der Waals surface area contributed by atoms with E-state index in [4.69, 9.17) is 17.0 Å². The van der Waals surface area contributed by atoms with Crippen molar-refractivity contribution in [2.75, 3.05) is 26.3 Å². The fourth-order valence-corrected chi connectivity index (χ4v) is 3.96. The van der Waals surface area contributed by atoms with E-state index in [1.54, 1.807) is 0 Å². The first-order valence-electron chi connectivity index (χ1n) is 10.1. The summed E-state index contributed by atoms with van der Waals surface area (Å²) in [6, 6.07) is 15.1. The van der Waals surface area contributed by atoms with Gasteiger partial charge in [-0.3, -0.25) is 18.9 Å². The van der Waals surface area contributed by atoms with Crippen LogP contribution < -0.4 is 5.56 Å². The third kappa shape index (κ3) is 4.04. The summed E-state index contributed by atoms with van der Waals surface area (Å²) in [5.41, 5.74) is 2.84. The van der Waals surface area contributed by atoms with Crippen LogP contribution in [0.2, 0.25) is 0 Å². The van der Waals surface area contributed by atoms with E-state index in [2.05, 4.69) is 5.10 Å². The van der Waals surface area contributed by atoms with Crippen LogP contribution >= 0.6 is 12.2 Å². The summed E-state index contributed by atoms with van der Waals surface area (Å²) >= 11 is 5.71. The minimum atomic E-state index is -0.418. The van der Waals surface area contributed by atoms with Gasteiger partial charge in [-0.1, -0.05) is 36.4 Å². The smallest absolute Gasteiger partial charge is 0.271 e. The molecule has 0 bridgehead atoms. The summed E-state index contributed by atoms with van der Waals surface area (Å²) in [7, 11) is 0. The summed E-state index contributed by atoms with van der Waals surface area (Å²) in [6.45, 7) is 6.25. The van der Waals surface area contributed by atoms with E-state index in [1.807, 2.05) is 67.4 Å². The maximum absolute atomic E-state index is 13.5. The summed E-state index contributed by atoms with van der Waals surface area (Å²) < 4.78 is 8.52. The lowest BCUT2D eigenvalue weighted by Crippen LogP contribution is -2.33. The van der Waals surface area contributed by atoms with Gasteiger partial charge in [0.1, 0.15) is 5.56 Å². The minimum Gasteiger partial charge on any atom is -0.494 e. The zero-order valence-electron chi connectivity index (χ0n) is 17.5. The van der Waals surface area contributed by atoms with Crippen molar-refractivity contribution in [2.24, 2.45) is 5.10 Å². The molecule has 1 aliphatic rings. The van der Waals surface area contributed by atoms with Crippen LogP contribution in [0.3, 0.4) is 0 Å². The van der Waals surface area contributed by atoms with Crippen molar-refractivity contribution >= 4 is 18.4 Å². The molecule has 8 heteroatoms. The van der Waals surface area contributed by atoms with Gasteiger partial charge in [-0.25, -0.2) is 0 Å². The molecule has 4 rings (SSSR count). The van der Waals surface area contributed by atoms with Gasteiger partial charge in [0.15, 0.2) is 4.77 Å². The zero-order valence-corrected chi connectivity index (χ0v) is 18.3. The van der Waals surface area contributed by atoms with Crippen molar-refractivity contribution in [3.63, 3.8) is 0 Å². The Hall–Kier alpha value is -3.23. The van der Waals surface area contributed by atoms with Gasteiger partial charge in [-0.15, -0.1) is 0 Å². The number of para-hydroxylation sites is 2. The standard InChI is InChI=1S/C23H24N4O3S/c1-16-7-3-5-9-19(16)26-21(28)18(15-24-25-11-13-30-14-12-25)22(29)27(23(26)31)20-10-6-4-8-17(20)2/h3-10,15,28H,11-14H2,1-2H3/b24-15+. The first kappa shape index (κ1) is 21.0. The first-order valence-corrected chi connectivity index (χ1v) is 10.5. The number of hydrogen-bond acceptors (Lipinski definition) is 6. The fourth-order valence-electron chi connectivity index (χ4n) is 3.59. The number of aromatic hydroxyl groups is 1. The highest BCUT2D eigenvalue weighted by Crippen LogP contribution is 2.24. The van der Waals surface area contributed by atoms with E-state index in [-0.39, 0.29) is 16.2 Å². The molecule has 0 unspecified atom stereocenters. The lowest BCUT2D eigenvalue weighted by Gasteiger charge is -2.23. The average Bonchev–Trinajstić information content (AvgIpc) is 2.77. The van der Waals surface area contributed by atoms with Crippen LogP contribution in [0.25, 0.3) is 11.4 Å². The van der Waals surface area contributed by atoms with Gasteiger partial charge in [0.2, 0.25) is 5.88 Å². The largest absolute Gasteiger partial charge is 0.494 e. The highest BCUT2D eigenvalue weighted by Gasteiger charge is 2.20. The quantitative estimate of drug-likeness (QED) is 0.502. The summed E-state index contributed by atoms with van der Waals surface area (Å²) in [5, 5.41) is 17.4. The minimum absolute atomic E-state index is 0.0756. The van der Waals surface area contributed by atoms with Crippen LogP contribution in [0.5, 0.6) is 5.88 Å². The van der Waals surface area contributed by atoms with Crippen LogP contribution in [-0.4, -0.2) is 51.8 Å². The molecule has 1 fully saturated rings. The van der Waals surface area contributed by atoms with E-state index in [1.165, 1.54) is 15.3 Å². The Labute approximate surface area is 185 Å².